The lowest BCUT2D eigenvalue weighted by molar-refractivity contribution is -0.174. The fourth-order valence-electron chi connectivity index (χ4n) is 9.76. The van der Waals surface area contributed by atoms with Gasteiger partial charge in [0.15, 0.2) is 5.78 Å². The van der Waals surface area contributed by atoms with E-state index in [1.165, 1.54) is 26.2 Å². The van der Waals surface area contributed by atoms with Crippen LogP contribution in [0.2, 0.25) is 0 Å². The van der Waals surface area contributed by atoms with Gasteiger partial charge >= 0.3 is 0 Å². The second-order valence-electron chi connectivity index (χ2n) is 13.6. The van der Waals surface area contributed by atoms with Gasteiger partial charge in [-0.2, -0.15) is 0 Å². The Labute approximate surface area is 222 Å². The summed E-state index contributed by atoms with van der Waals surface area (Å²) in [6.07, 6.45) is 9.48. The van der Waals surface area contributed by atoms with Crippen molar-refractivity contribution in [2.24, 2.45) is 46.3 Å². The summed E-state index contributed by atoms with van der Waals surface area (Å²) in [7, 11) is 0. The van der Waals surface area contributed by atoms with Crippen molar-refractivity contribution in [3.8, 4) is 0 Å². The van der Waals surface area contributed by atoms with Gasteiger partial charge in [-0.3, -0.25) is 9.59 Å². The summed E-state index contributed by atoms with van der Waals surface area (Å²) >= 11 is 0. The molecule has 37 heavy (non-hydrogen) atoms. The lowest BCUT2D eigenvalue weighted by Gasteiger charge is -2.62. The molecule has 1 amide bonds. The predicted octanol–water partition coefficient (Wildman–Crippen LogP) is 6.23. The topological polar surface area (TPSA) is 86.6 Å². The van der Waals surface area contributed by atoms with Crippen molar-refractivity contribution >= 4 is 17.4 Å². The maximum absolute atomic E-state index is 12.8. The van der Waals surface area contributed by atoms with E-state index in [-0.39, 0.29) is 34.7 Å². The van der Waals surface area contributed by atoms with Crippen molar-refractivity contribution in [2.45, 2.75) is 104 Å². The molecule has 4 saturated carbocycles. The molecule has 0 aromatic heterocycles. The molecule has 5 rings (SSSR count). The third-order valence-electron chi connectivity index (χ3n) is 11.9. The molecule has 0 spiro atoms. The van der Waals surface area contributed by atoms with Crippen LogP contribution in [0.1, 0.15) is 102 Å². The van der Waals surface area contributed by atoms with Gasteiger partial charge in [-0.05, 0) is 123 Å². The molecular weight excluding hydrogens is 462 g/mol. The Kier molecular flexibility index (Phi) is 7.34. The normalized spacial score (nSPS) is 41.7. The van der Waals surface area contributed by atoms with E-state index in [2.05, 4.69) is 26.1 Å². The van der Waals surface area contributed by atoms with Crippen molar-refractivity contribution < 1.29 is 19.8 Å². The predicted molar refractivity (Wildman–Crippen MR) is 146 cm³/mol. The monoisotopic (exact) mass is 509 g/mol. The van der Waals surface area contributed by atoms with Crippen molar-refractivity contribution in [1.29, 1.82) is 0 Å². The molecule has 3 N–H and O–H groups in total. The summed E-state index contributed by atoms with van der Waals surface area (Å²) in [6, 6.07) is 7.13. The molecule has 0 radical (unpaired) electrons. The van der Waals surface area contributed by atoms with Gasteiger partial charge in [0.05, 0.1) is 12.2 Å². The number of rotatable bonds is 6. The largest absolute Gasteiger partial charge is 0.393 e. The summed E-state index contributed by atoms with van der Waals surface area (Å²) in [5.74, 6) is 3.18. The zero-order valence-electron chi connectivity index (χ0n) is 23.2. The second-order valence-corrected chi connectivity index (χ2v) is 13.6. The number of hydrogen-bond acceptors (Lipinski definition) is 4. The quantitative estimate of drug-likeness (QED) is 0.397. The van der Waals surface area contributed by atoms with E-state index in [9.17, 15) is 19.8 Å². The number of anilines is 1. The first kappa shape index (κ1) is 26.9. The molecule has 5 heteroatoms. The molecule has 0 heterocycles. The van der Waals surface area contributed by atoms with E-state index in [0.717, 1.165) is 38.5 Å². The fourth-order valence-corrected chi connectivity index (χ4v) is 9.76. The zero-order valence-corrected chi connectivity index (χ0v) is 23.2. The number of carbonyl (C=O) groups is 2. The van der Waals surface area contributed by atoms with E-state index < -0.39 is 0 Å². The first-order chi connectivity index (χ1) is 17.5. The Bertz CT molecular complexity index is 1020. The van der Waals surface area contributed by atoms with Crippen LogP contribution in [0.4, 0.5) is 5.69 Å². The molecule has 4 aliphatic rings. The smallest absolute Gasteiger partial charge is 0.224 e. The van der Waals surface area contributed by atoms with E-state index in [1.54, 1.807) is 18.2 Å². The molecule has 5 nitrogen and oxygen atoms in total. The van der Waals surface area contributed by atoms with Crippen LogP contribution >= 0.6 is 0 Å². The summed E-state index contributed by atoms with van der Waals surface area (Å²) in [5.41, 5.74) is 1.45. The number of aliphatic hydroxyl groups excluding tert-OH is 2. The minimum atomic E-state index is -0.292. The van der Waals surface area contributed by atoms with Gasteiger partial charge in [0.2, 0.25) is 5.91 Å². The standard InChI is InChI=1S/C32H47NO4/c1-19(8-13-30(37)33-23-7-5-6-21(16-23)20(2)34)26-11-12-27-25-10-9-22-17-24(35)14-15-31(22,3)28(25)18-29(36)32(26,27)4/h5-7,16,19,22,24-29,35-36H,8-15,17-18H2,1-4H3,(H,33,37)/t19-,22+,24-,25+,26+,27-,28-,29+,31+,32-/m1/s1. The van der Waals surface area contributed by atoms with E-state index in [0.29, 0.717) is 53.2 Å². The number of ketones is 1. The van der Waals surface area contributed by atoms with Gasteiger partial charge in [0.25, 0.3) is 0 Å². The Balaban J connectivity index is 1.23. The lowest BCUT2D eigenvalue weighted by atomic mass is 9.43. The Morgan fingerprint density at radius 3 is 2.59 bits per heavy atom. The van der Waals surface area contributed by atoms with Crippen molar-refractivity contribution in [3.05, 3.63) is 29.8 Å². The molecule has 1 aromatic carbocycles. The maximum Gasteiger partial charge on any atom is 0.224 e. The first-order valence-electron chi connectivity index (χ1n) is 14.8. The van der Waals surface area contributed by atoms with Crippen LogP contribution in [0.15, 0.2) is 24.3 Å². The van der Waals surface area contributed by atoms with E-state index >= 15 is 0 Å². The molecule has 204 valence electrons. The van der Waals surface area contributed by atoms with Crippen LogP contribution in [-0.4, -0.2) is 34.1 Å². The average Bonchev–Trinajstić information content (AvgIpc) is 3.22. The van der Waals surface area contributed by atoms with Crippen molar-refractivity contribution in [3.63, 3.8) is 0 Å². The fraction of sp³-hybridized carbons (Fsp3) is 0.750. The number of nitrogens with one attached hydrogen (secondary N) is 1. The van der Waals surface area contributed by atoms with E-state index in [4.69, 9.17) is 0 Å². The molecule has 0 unspecified atom stereocenters. The molecule has 10 atom stereocenters. The Morgan fingerprint density at radius 2 is 1.84 bits per heavy atom. The van der Waals surface area contributed by atoms with Crippen molar-refractivity contribution in [1.82, 2.24) is 0 Å². The van der Waals surface area contributed by atoms with Crippen LogP contribution in [0.25, 0.3) is 0 Å². The van der Waals surface area contributed by atoms with Gasteiger partial charge in [-0.25, -0.2) is 0 Å². The van der Waals surface area contributed by atoms with Crippen molar-refractivity contribution in [2.75, 3.05) is 5.32 Å². The van der Waals surface area contributed by atoms with E-state index in [1.807, 2.05) is 6.07 Å². The van der Waals surface area contributed by atoms with Crippen LogP contribution < -0.4 is 5.32 Å². The molecule has 0 saturated heterocycles. The van der Waals surface area contributed by atoms with Gasteiger partial charge in [-0.15, -0.1) is 0 Å². The van der Waals surface area contributed by atoms with Gasteiger partial charge < -0.3 is 15.5 Å². The molecular formula is C32H47NO4. The first-order valence-corrected chi connectivity index (χ1v) is 14.8. The lowest BCUT2D eigenvalue weighted by Crippen LogP contribution is -2.58. The highest BCUT2D eigenvalue weighted by Crippen LogP contribution is 2.68. The number of benzene rings is 1. The molecule has 1 aromatic rings. The summed E-state index contributed by atoms with van der Waals surface area (Å²) < 4.78 is 0. The summed E-state index contributed by atoms with van der Waals surface area (Å²) in [6.45, 7) is 8.64. The Hall–Kier alpha value is -1.72. The minimum absolute atomic E-state index is 0.00871. The number of aliphatic hydroxyl groups is 2. The van der Waals surface area contributed by atoms with Gasteiger partial charge in [-0.1, -0.05) is 32.9 Å². The van der Waals surface area contributed by atoms with Gasteiger partial charge in [0.1, 0.15) is 0 Å². The zero-order chi connectivity index (χ0) is 26.5. The van der Waals surface area contributed by atoms with Gasteiger partial charge in [0, 0.05) is 17.7 Å². The van der Waals surface area contributed by atoms with Crippen LogP contribution in [0.3, 0.4) is 0 Å². The highest BCUT2D eigenvalue weighted by molar-refractivity contribution is 5.97. The number of fused-ring (bicyclic) bond motifs is 5. The molecule has 4 aliphatic carbocycles. The SMILES string of the molecule is CC(=O)c1cccc(NC(=O)CC[C@@H](C)[C@@H]2CC[C@@H]3[C@@H]4CC[C@H]5C[C@H](O)CC[C@]5(C)[C@@H]4C[C@H](O)[C@@]32C)c1. The number of hydrogen-bond donors (Lipinski definition) is 3. The third kappa shape index (κ3) is 4.69. The van der Waals surface area contributed by atoms with Crippen LogP contribution in [-0.2, 0) is 4.79 Å². The maximum atomic E-state index is 12.8. The number of Topliss-reactive ketones (excluding diaryl/α,β-unsaturated/α-hetero) is 1. The summed E-state index contributed by atoms with van der Waals surface area (Å²) in [5, 5.41) is 25.0. The summed E-state index contributed by atoms with van der Waals surface area (Å²) in [4.78, 5) is 24.4. The molecule has 0 aliphatic heterocycles. The number of carbonyl (C=O) groups excluding carboxylic acids is 2. The van der Waals surface area contributed by atoms with Crippen LogP contribution in [0.5, 0.6) is 0 Å². The van der Waals surface area contributed by atoms with Crippen LogP contribution in [0, 0.1) is 46.3 Å². The minimum Gasteiger partial charge on any atom is -0.393 e. The number of amides is 1. The highest BCUT2D eigenvalue weighted by atomic mass is 16.3. The third-order valence-corrected chi connectivity index (χ3v) is 11.9. The second kappa shape index (κ2) is 10.1. The Morgan fingerprint density at radius 1 is 1.05 bits per heavy atom. The molecule has 0 bridgehead atoms. The molecule has 4 fully saturated rings. The highest BCUT2D eigenvalue weighted by Gasteiger charge is 2.63. The average molecular weight is 510 g/mol.